The summed E-state index contributed by atoms with van der Waals surface area (Å²) in [6, 6.07) is 43.8. The maximum atomic E-state index is 2.50. The Labute approximate surface area is 335 Å². The van der Waals surface area contributed by atoms with Gasteiger partial charge in [0.05, 0.1) is 0 Å². The summed E-state index contributed by atoms with van der Waals surface area (Å²) < 4.78 is 0. The molecule has 56 heavy (non-hydrogen) atoms. The van der Waals surface area contributed by atoms with E-state index >= 15 is 0 Å². The Hall–Kier alpha value is -5.20. The minimum absolute atomic E-state index is 0.0351. The van der Waals surface area contributed by atoms with Crippen LogP contribution in [0.25, 0.3) is 27.8 Å². The highest BCUT2D eigenvalue weighted by molar-refractivity contribution is 5.90. The van der Waals surface area contributed by atoms with E-state index in [2.05, 4.69) is 193 Å². The molecular formula is C56H54. The van der Waals surface area contributed by atoms with Crippen molar-refractivity contribution in [2.24, 2.45) is 11.8 Å². The van der Waals surface area contributed by atoms with Crippen molar-refractivity contribution >= 4 is 16.7 Å². The molecule has 0 amide bonds. The van der Waals surface area contributed by atoms with Crippen LogP contribution in [0.4, 0.5) is 0 Å². The summed E-state index contributed by atoms with van der Waals surface area (Å²) in [6.45, 7) is 14.6. The molecule has 0 aliphatic heterocycles. The highest BCUT2D eigenvalue weighted by Gasteiger charge is 2.44. The molecule has 5 atom stereocenters. The van der Waals surface area contributed by atoms with Gasteiger partial charge in [-0.25, -0.2) is 0 Å². The first kappa shape index (κ1) is 35.2. The van der Waals surface area contributed by atoms with E-state index in [0.717, 1.165) is 12.8 Å². The highest BCUT2D eigenvalue weighted by atomic mass is 14.5. The maximum Gasteiger partial charge on any atom is 0.0121 e. The summed E-state index contributed by atoms with van der Waals surface area (Å²) >= 11 is 0. The third-order valence-electron chi connectivity index (χ3n) is 14.7. The van der Waals surface area contributed by atoms with Crippen LogP contribution in [0.5, 0.6) is 0 Å². The molecule has 0 fully saturated rings. The van der Waals surface area contributed by atoms with Crippen molar-refractivity contribution in [3.8, 4) is 11.1 Å². The molecule has 0 bridgehead atoms. The zero-order chi connectivity index (χ0) is 38.3. The normalized spacial score (nSPS) is 25.2. The van der Waals surface area contributed by atoms with Gasteiger partial charge in [0.2, 0.25) is 0 Å². The molecule has 0 spiro atoms. The molecule has 0 saturated carbocycles. The van der Waals surface area contributed by atoms with E-state index in [0.29, 0.717) is 29.6 Å². The molecule has 0 N–H and O–H groups in total. The number of hydrogen-bond acceptors (Lipinski definition) is 0. The van der Waals surface area contributed by atoms with Gasteiger partial charge in [-0.15, -0.1) is 0 Å². The predicted octanol–water partition coefficient (Wildman–Crippen LogP) is 14.7. The monoisotopic (exact) mass is 726 g/mol. The summed E-state index contributed by atoms with van der Waals surface area (Å²) in [4.78, 5) is 0. The molecule has 5 aliphatic carbocycles. The van der Waals surface area contributed by atoms with E-state index in [1.165, 1.54) is 84.3 Å². The van der Waals surface area contributed by atoms with E-state index in [4.69, 9.17) is 0 Å². The number of hydrogen-bond donors (Lipinski definition) is 0. The minimum atomic E-state index is -0.0351. The molecule has 5 aliphatic rings. The molecule has 0 heterocycles. The van der Waals surface area contributed by atoms with Crippen LogP contribution in [-0.4, -0.2) is 0 Å². The van der Waals surface area contributed by atoms with Gasteiger partial charge in [-0.3, -0.25) is 0 Å². The smallest absolute Gasteiger partial charge is 0.0121 e. The molecule has 0 heteroatoms. The lowest BCUT2D eigenvalue weighted by Gasteiger charge is -2.33. The fourth-order valence-electron chi connectivity index (χ4n) is 11.5. The fourth-order valence-corrected chi connectivity index (χ4v) is 11.5. The molecule has 5 aromatic rings. The lowest BCUT2D eigenvalue weighted by atomic mass is 9.70. The van der Waals surface area contributed by atoms with E-state index in [9.17, 15) is 0 Å². The van der Waals surface area contributed by atoms with Gasteiger partial charge >= 0.3 is 0 Å². The van der Waals surface area contributed by atoms with Crippen molar-refractivity contribution in [1.29, 1.82) is 0 Å². The minimum Gasteiger partial charge on any atom is -0.0804 e. The van der Waals surface area contributed by atoms with Crippen LogP contribution in [-0.2, 0) is 10.8 Å². The van der Waals surface area contributed by atoms with E-state index in [-0.39, 0.29) is 10.8 Å². The van der Waals surface area contributed by atoms with Crippen LogP contribution in [0.15, 0.2) is 157 Å². The first-order valence-corrected chi connectivity index (χ1v) is 21.1. The van der Waals surface area contributed by atoms with Gasteiger partial charge in [0, 0.05) is 23.2 Å². The molecule has 0 nitrogen and oxygen atoms in total. The second kappa shape index (κ2) is 13.2. The second-order valence-corrected chi connectivity index (χ2v) is 18.6. The van der Waals surface area contributed by atoms with Crippen molar-refractivity contribution in [2.75, 3.05) is 0 Å². The highest BCUT2D eigenvalue weighted by Crippen LogP contribution is 2.57. The number of fused-ring (bicyclic) bond motifs is 5. The van der Waals surface area contributed by atoms with Crippen molar-refractivity contribution in [3.63, 3.8) is 0 Å². The first-order valence-electron chi connectivity index (χ1n) is 21.1. The van der Waals surface area contributed by atoms with Gasteiger partial charge in [0.1, 0.15) is 0 Å². The Morgan fingerprint density at radius 3 is 2.12 bits per heavy atom. The van der Waals surface area contributed by atoms with Gasteiger partial charge in [0.25, 0.3) is 0 Å². The van der Waals surface area contributed by atoms with E-state index < -0.39 is 0 Å². The quantitative estimate of drug-likeness (QED) is 0.158. The SMILES string of the molecule is Cc1cc(-c2ccc3c(c2)C(C)(C)C2=C3C=CC(c3ccccc3C3=CC=C4c5ccccc5C(C)(C)C4C3)C2)ccc1C1C=CC(c2ccccc2)CC1C. The topological polar surface area (TPSA) is 0 Å². The Morgan fingerprint density at radius 2 is 1.32 bits per heavy atom. The van der Waals surface area contributed by atoms with Crippen LogP contribution < -0.4 is 0 Å². The average Bonchev–Trinajstić information content (AvgIpc) is 3.59. The molecule has 0 aromatic heterocycles. The first-order chi connectivity index (χ1) is 27.1. The zero-order valence-electron chi connectivity index (χ0n) is 33.9. The van der Waals surface area contributed by atoms with Gasteiger partial charge in [-0.1, -0.05) is 186 Å². The number of rotatable bonds is 5. The zero-order valence-corrected chi connectivity index (χ0v) is 33.9. The lowest BCUT2D eigenvalue weighted by Crippen LogP contribution is -2.25. The number of aryl methyl sites for hydroxylation is 1. The summed E-state index contributed by atoms with van der Waals surface area (Å²) in [7, 11) is 0. The molecule has 5 aromatic carbocycles. The molecule has 278 valence electrons. The van der Waals surface area contributed by atoms with Crippen LogP contribution in [0.2, 0.25) is 0 Å². The summed E-state index contributed by atoms with van der Waals surface area (Å²) in [5, 5.41) is 0. The third-order valence-corrected chi connectivity index (χ3v) is 14.7. The molecule has 10 rings (SSSR count). The van der Waals surface area contributed by atoms with Crippen molar-refractivity contribution < 1.29 is 0 Å². The Morgan fingerprint density at radius 1 is 0.589 bits per heavy atom. The van der Waals surface area contributed by atoms with E-state index in [1.807, 2.05) is 0 Å². The van der Waals surface area contributed by atoms with Gasteiger partial charge in [-0.2, -0.15) is 0 Å². The van der Waals surface area contributed by atoms with Crippen LogP contribution in [0.3, 0.4) is 0 Å². The molecule has 0 radical (unpaired) electrons. The molecule has 0 saturated heterocycles. The van der Waals surface area contributed by atoms with Crippen LogP contribution in [0.1, 0.15) is 122 Å². The van der Waals surface area contributed by atoms with Gasteiger partial charge < -0.3 is 0 Å². The van der Waals surface area contributed by atoms with Crippen molar-refractivity contribution in [2.45, 2.75) is 89.4 Å². The Balaban J connectivity index is 0.900. The Kier molecular flexibility index (Phi) is 8.30. The van der Waals surface area contributed by atoms with Crippen molar-refractivity contribution in [1.82, 2.24) is 0 Å². The van der Waals surface area contributed by atoms with Gasteiger partial charge in [-0.05, 0) is 127 Å². The van der Waals surface area contributed by atoms with Crippen molar-refractivity contribution in [3.05, 3.63) is 207 Å². The van der Waals surface area contributed by atoms with E-state index in [1.54, 1.807) is 5.57 Å². The summed E-state index contributed by atoms with van der Waals surface area (Å²) in [6.07, 6.45) is 18.1. The largest absolute Gasteiger partial charge is 0.0804 e. The van der Waals surface area contributed by atoms with Crippen LogP contribution in [0, 0.1) is 18.8 Å². The lowest BCUT2D eigenvalue weighted by molar-refractivity contribution is 0.418. The van der Waals surface area contributed by atoms with Crippen LogP contribution >= 0.6 is 0 Å². The third kappa shape index (κ3) is 5.55. The molecule has 5 unspecified atom stereocenters. The number of benzene rings is 5. The summed E-state index contributed by atoms with van der Waals surface area (Å²) in [5.41, 5.74) is 21.8. The predicted molar refractivity (Wildman–Crippen MR) is 238 cm³/mol. The fraction of sp³-hybridized carbons (Fsp3) is 0.286. The number of allylic oxidation sites excluding steroid dienone is 10. The average molecular weight is 727 g/mol. The Bertz CT molecular complexity index is 2540. The van der Waals surface area contributed by atoms with Gasteiger partial charge in [0.15, 0.2) is 0 Å². The second-order valence-electron chi connectivity index (χ2n) is 18.6. The summed E-state index contributed by atoms with van der Waals surface area (Å²) in [5.74, 6) is 2.42. The maximum absolute atomic E-state index is 2.50. The molecular weight excluding hydrogens is 673 g/mol. The standard InChI is InChI=1S/C56H54/c1-35-30-38(37-14-8-7-9-15-37)20-25-43(35)44-26-21-39(31-36(44)2)40-22-27-49-50-29-24-42(34-54(50)56(5,6)52(49)32-40)46-17-11-10-16-45(46)41-23-28-48-47-18-12-13-19-51(47)55(3,4)53(48)33-41/h7-29,31-32,35,38,42-43,53H,30,33-34H2,1-6H3.